The van der Waals surface area contributed by atoms with Gasteiger partial charge in [-0.15, -0.1) is 0 Å². The predicted molar refractivity (Wildman–Crippen MR) is 105 cm³/mol. The minimum absolute atomic E-state index is 0.0478. The Bertz CT molecular complexity index is 848. The summed E-state index contributed by atoms with van der Waals surface area (Å²) in [5.74, 6) is 0.475. The van der Waals surface area contributed by atoms with E-state index in [2.05, 4.69) is 22.1 Å². The fraction of sp³-hybridized carbons (Fsp3) is 0.667. The lowest BCUT2D eigenvalue weighted by molar-refractivity contribution is -0.160. The maximum atomic E-state index is 12.8. The Balaban J connectivity index is 1.20. The van der Waals surface area contributed by atoms with E-state index in [1.807, 2.05) is 28.9 Å². The fourth-order valence-corrected chi connectivity index (χ4v) is 4.86. The summed E-state index contributed by atoms with van der Waals surface area (Å²) in [5, 5.41) is 8.38. The van der Waals surface area contributed by atoms with Crippen LogP contribution in [0.25, 0.3) is 0 Å². The second kappa shape index (κ2) is 7.25. The molecule has 5 rings (SSSR count). The van der Waals surface area contributed by atoms with E-state index in [1.165, 1.54) is 30.5 Å². The SMILES string of the molecule is Cc1cnn(C)c1CN1CC(CC(=O)N2CC(c3ccon3)C2)OCC12CCC2. The molecular weight excluding hydrogens is 370 g/mol. The molecule has 1 saturated carbocycles. The van der Waals surface area contributed by atoms with Crippen LogP contribution in [0, 0.1) is 6.92 Å². The molecule has 2 saturated heterocycles. The van der Waals surface area contributed by atoms with Crippen LogP contribution < -0.4 is 0 Å². The van der Waals surface area contributed by atoms with Crippen LogP contribution >= 0.6 is 0 Å². The molecule has 8 heteroatoms. The summed E-state index contributed by atoms with van der Waals surface area (Å²) < 4.78 is 13.1. The number of rotatable bonds is 5. The number of carbonyl (C=O) groups excluding carboxylic acids is 1. The van der Waals surface area contributed by atoms with Gasteiger partial charge in [-0.25, -0.2) is 0 Å². The number of hydrogen-bond acceptors (Lipinski definition) is 6. The lowest BCUT2D eigenvalue weighted by Gasteiger charge is -2.54. The average molecular weight is 399 g/mol. The highest BCUT2D eigenvalue weighted by molar-refractivity contribution is 5.77. The molecule has 1 amide bonds. The molecule has 3 fully saturated rings. The minimum Gasteiger partial charge on any atom is -0.374 e. The Morgan fingerprint density at radius 3 is 2.76 bits per heavy atom. The van der Waals surface area contributed by atoms with Gasteiger partial charge in [0.15, 0.2) is 0 Å². The highest BCUT2D eigenvalue weighted by Crippen LogP contribution is 2.42. The molecule has 0 aromatic carbocycles. The number of nitrogens with zero attached hydrogens (tertiary/aromatic N) is 5. The number of likely N-dealkylation sites (tertiary alicyclic amines) is 1. The van der Waals surface area contributed by atoms with Crippen molar-refractivity contribution < 1.29 is 14.1 Å². The third-order valence-corrected chi connectivity index (χ3v) is 7.09. The largest absolute Gasteiger partial charge is 0.374 e. The smallest absolute Gasteiger partial charge is 0.225 e. The second-order valence-corrected chi connectivity index (χ2v) is 8.91. The number of carbonyl (C=O) groups is 1. The molecule has 1 atom stereocenters. The lowest BCUT2D eigenvalue weighted by Crippen LogP contribution is -2.63. The fourth-order valence-electron chi connectivity index (χ4n) is 4.86. The molecular formula is C21H29N5O3. The first-order chi connectivity index (χ1) is 14.0. The quantitative estimate of drug-likeness (QED) is 0.764. The summed E-state index contributed by atoms with van der Waals surface area (Å²) in [4.78, 5) is 17.2. The number of morpholine rings is 1. The molecule has 2 aromatic heterocycles. The van der Waals surface area contributed by atoms with Gasteiger partial charge in [0.05, 0.1) is 36.7 Å². The topological polar surface area (TPSA) is 76.6 Å². The van der Waals surface area contributed by atoms with Crippen molar-refractivity contribution in [1.82, 2.24) is 24.7 Å². The average Bonchev–Trinajstić information content (AvgIpc) is 3.25. The first kappa shape index (κ1) is 18.8. The standard InChI is InChI=1S/C21H29N5O3/c1-15-9-22-24(2)19(15)13-26-12-17(28-14-21(26)5-3-6-21)8-20(27)25-10-16(11-25)18-4-7-29-23-18/h4,7,9,16-17H,3,5-6,8,10-14H2,1-2H3. The van der Waals surface area contributed by atoms with Crippen molar-refractivity contribution >= 4 is 5.91 Å². The Labute approximate surface area is 170 Å². The predicted octanol–water partition coefficient (Wildman–Crippen LogP) is 1.86. The summed E-state index contributed by atoms with van der Waals surface area (Å²) in [7, 11) is 2.01. The Morgan fingerprint density at radius 2 is 2.14 bits per heavy atom. The van der Waals surface area contributed by atoms with E-state index in [4.69, 9.17) is 9.26 Å². The molecule has 0 N–H and O–H groups in total. The maximum absolute atomic E-state index is 12.8. The molecule has 0 bridgehead atoms. The van der Waals surface area contributed by atoms with Gasteiger partial charge in [0, 0.05) is 50.7 Å². The second-order valence-electron chi connectivity index (χ2n) is 8.91. The van der Waals surface area contributed by atoms with Crippen molar-refractivity contribution in [3.05, 3.63) is 35.5 Å². The molecule has 2 aliphatic heterocycles. The van der Waals surface area contributed by atoms with Crippen molar-refractivity contribution in [2.24, 2.45) is 7.05 Å². The van der Waals surface area contributed by atoms with Gasteiger partial charge in [-0.3, -0.25) is 14.4 Å². The van der Waals surface area contributed by atoms with Crippen LogP contribution in [-0.2, 0) is 23.1 Å². The number of aryl methyl sites for hydroxylation is 2. The van der Waals surface area contributed by atoms with Crippen LogP contribution in [0.1, 0.15) is 48.6 Å². The van der Waals surface area contributed by atoms with E-state index in [0.717, 1.165) is 38.5 Å². The third-order valence-electron chi connectivity index (χ3n) is 7.09. The normalized spacial score (nSPS) is 24.5. The van der Waals surface area contributed by atoms with Crippen LogP contribution in [0.15, 0.2) is 23.0 Å². The van der Waals surface area contributed by atoms with Crippen molar-refractivity contribution in [3.8, 4) is 0 Å². The number of ether oxygens (including phenoxy) is 1. The Morgan fingerprint density at radius 1 is 1.31 bits per heavy atom. The van der Waals surface area contributed by atoms with E-state index in [1.54, 1.807) is 6.26 Å². The van der Waals surface area contributed by atoms with Crippen LogP contribution in [-0.4, -0.2) is 68.5 Å². The summed E-state index contributed by atoms with van der Waals surface area (Å²) >= 11 is 0. The summed E-state index contributed by atoms with van der Waals surface area (Å²) in [6.07, 6.45) is 7.53. The highest BCUT2D eigenvalue weighted by atomic mass is 16.5. The van der Waals surface area contributed by atoms with E-state index in [9.17, 15) is 4.79 Å². The molecule has 8 nitrogen and oxygen atoms in total. The van der Waals surface area contributed by atoms with Gasteiger partial charge in [0.1, 0.15) is 6.26 Å². The van der Waals surface area contributed by atoms with E-state index in [-0.39, 0.29) is 17.6 Å². The van der Waals surface area contributed by atoms with Gasteiger partial charge in [-0.05, 0) is 31.7 Å². The van der Waals surface area contributed by atoms with E-state index in [0.29, 0.717) is 12.3 Å². The van der Waals surface area contributed by atoms with Gasteiger partial charge >= 0.3 is 0 Å². The van der Waals surface area contributed by atoms with Crippen LogP contribution in [0.2, 0.25) is 0 Å². The summed E-state index contributed by atoms with van der Waals surface area (Å²) in [6, 6.07) is 1.88. The third kappa shape index (κ3) is 3.38. The van der Waals surface area contributed by atoms with Gasteiger partial charge < -0.3 is 14.2 Å². The van der Waals surface area contributed by atoms with Gasteiger partial charge in [-0.1, -0.05) is 5.16 Å². The van der Waals surface area contributed by atoms with Gasteiger partial charge in [-0.2, -0.15) is 5.10 Å². The van der Waals surface area contributed by atoms with Crippen LogP contribution in [0.3, 0.4) is 0 Å². The molecule has 4 heterocycles. The van der Waals surface area contributed by atoms with E-state index < -0.39 is 0 Å². The van der Waals surface area contributed by atoms with Crippen LogP contribution in [0.5, 0.6) is 0 Å². The molecule has 1 unspecified atom stereocenters. The van der Waals surface area contributed by atoms with Gasteiger partial charge in [0.25, 0.3) is 0 Å². The molecule has 1 spiro atoms. The molecule has 3 aliphatic rings. The number of hydrogen-bond donors (Lipinski definition) is 0. The highest BCUT2D eigenvalue weighted by Gasteiger charge is 2.47. The maximum Gasteiger partial charge on any atom is 0.225 e. The van der Waals surface area contributed by atoms with Crippen molar-refractivity contribution in [3.63, 3.8) is 0 Å². The molecule has 0 radical (unpaired) electrons. The van der Waals surface area contributed by atoms with Crippen LogP contribution in [0.4, 0.5) is 0 Å². The molecule has 29 heavy (non-hydrogen) atoms. The summed E-state index contributed by atoms with van der Waals surface area (Å²) in [5.41, 5.74) is 3.56. The summed E-state index contributed by atoms with van der Waals surface area (Å²) in [6.45, 7) is 5.96. The Hall–Kier alpha value is -2.19. The zero-order valence-electron chi connectivity index (χ0n) is 17.2. The number of aromatic nitrogens is 3. The van der Waals surface area contributed by atoms with Crippen molar-refractivity contribution in [1.29, 1.82) is 0 Å². The monoisotopic (exact) mass is 399 g/mol. The number of amides is 1. The molecule has 2 aromatic rings. The zero-order valence-corrected chi connectivity index (χ0v) is 17.2. The zero-order chi connectivity index (χ0) is 20.0. The van der Waals surface area contributed by atoms with Gasteiger partial charge in [0.2, 0.25) is 5.91 Å². The van der Waals surface area contributed by atoms with Crippen molar-refractivity contribution in [2.45, 2.75) is 56.7 Å². The molecule has 156 valence electrons. The van der Waals surface area contributed by atoms with Crippen molar-refractivity contribution in [2.75, 3.05) is 26.2 Å². The first-order valence-corrected chi connectivity index (χ1v) is 10.6. The molecule has 1 aliphatic carbocycles. The van der Waals surface area contributed by atoms with E-state index >= 15 is 0 Å². The minimum atomic E-state index is -0.0478. The Kier molecular flexibility index (Phi) is 4.70. The first-order valence-electron chi connectivity index (χ1n) is 10.6. The lowest BCUT2D eigenvalue weighted by atomic mass is 9.74.